The van der Waals surface area contributed by atoms with Gasteiger partial charge >= 0.3 is 5.97 Å². The van der Waals surface area contributed by atoms with Crippen LogP contribution in [0, 0.1) is 6.92 Å². The van der Waals surface area contributed by atoms with Crippen LogP contribution in [0.25, 0.3) is 10.9 Å². The van der Waals surface area contributed by atoms with Gasteiger partial charge in [0.05, 0.1) is 11.6 Å². The number of nitrogens with zero attached hydrogens (tertiary/aromatic N) is 2. The van der Waals surface area contributed by atoms with E-state index in [1.807, 2.05) is 13.0 Å². The molecule has 38 heavy (non-hydrogen) atoms. The minimum atomic E-state index is -1.21. The second-order valence-corrected chi connectivity index (χ2v) is 10.2. The van der Waals surface area contributed by atoms with Crippen molar-refractivity contribution in [2.45, 2.75) is 51.8 Å². The van der Waals surface area contributed by atoms with Crippen LogP contribution >= 0.6 is 11.6 Å². The maximum Gasteiger partial charge on any atom is 0.324 e. The Balaban J connectivity index is 1.63. The van der Waals surface area contributed by atoms with Crippen molar-refractivity contribution < 1.29 is 24.5 Å². The normalized spacial score (nSPS) is 18.1. The van der Waals surface area contributed by atoms with E-state index in [0.29, 0.717) is 43.9 Å². The van der Waals surface area contributed by atoms with E-state index in [1.165, 1.54) is 4.90 Å². The van der Waals surface area contributed by atoms with Crippen LogP contribution in [0.2, 0.25) is 5.02 Å². The summed E-state index contributed by atoms with van der Waals surface area (Å²) in [5, 5.41) is 23.6. The largest absolute Gasteiger partial charge is 0.462 e. The smallest absolute Gasteiger partial charge is 0.324 e. The number of aliphatic hydroxyl groups is 2. The zero-order valence-corrected chi connectivity index (χ0v) is 22.1. The average molecular weight is 533 g/mol. The SMILES string of the molecule is Cc1c(C[C@@H](C(=O)OC(C)C)N2[C@@H](O)c3ccccc3[C@@H]2O)c2cc(Cl)ccc2n1C(=O)c1ccccc1. The molecule has 0 saturated carbocycles. The van der Waals surface area contributed by atoms with Crippen LogP contribution in [-0.4, -0.2) is 43.7 Å². The van der Waals surface area contributed by atoms with Crippen molar-refractivity contribution in [3.8, 4) is 0 Å². The highest BCUT2D eigenvalue weighted by Gasteiger charge is 2.44. The van der Waals surface area contributed by atoms with Crippen LogP contribution in [0.4, 0.5) is 0 Å². The molecule has 3 aromatic carbocycles. The van der Waals surface area contributed by atoms with Gasteiger partial charge in [0.2, 0.25) is 0 Å². The lowest BCUT2D eigenvalue weighted by Gasteiger charge is -2.32. The number of benzene rings is 3. The van der Waals surface area contributed by atoms with Crippen LogP contribution in [0.3, 0.4) is 0 Å². The van der Waals surface area contributed by atoms with Gasteiger partial charge in [0.25, 0.3) is 5.91 Å². The van der Waals surface area contributed by atoms with E-state index in [4.69, 9.17) is 16.3 Å². The molecule has 0 radical (unpaired) electrons. The molecule has 0 unspecified atom stereocenters. The fraction of sp³-hybridized carbons (Fsp3) is 0.267. The molecule has 0 amide bonds. The zero-order chi connectivity index (χ0) is 27.1. The molecule has 0 spiro atoms. The maximum atomic E-state index is 13.6. The third-order valence-electron chi connectivity index (χ3n) is 7.02. The van der Waals surface area contributed by atoms with E-state index < -0.39 is 30.6 Å². The van der Waals surface area contributed by atoms with Crippen LogP contribution in [0.5, 0.6) is 0 Å². The Labute approximate surface area is 225 Å². The second-order valence-electron chi connectivity index (χ2n) is 9.76. The fourth-order valence-corrected chi connectivity index (χ4v) is 5.45. The molecular formula is C30H29ClN2O5. The van der Waals surface area contributed by atoms with Crippen molar-refractivity contribution >= 4 is 34.4 Å². The predicted octanol–water partition coefficient (Wildman–Crippen LogP) is 5.15. The van der Waals surface area contributed by atoms with Gasteiger partial charge in [-0.1, -0.05) is 54.1 Å². The molecule has 4 aromatic rings. The molecule has 196 valence electrons. The number of aliphatic hydroxyl groups excluding tert-OH is 2. The summed E-state index contributed by atoms with van der Waals surface area (Å²) in [5.41, 5.74) is 3.57. The van der Waals surface area contributed by atoms with Crippen molar-refractivity contribution in [2.75, 3.05) is 0 Å². The summed E-state index contributed by atoms with van der Waals surface area (Å²) in [6, 6.07) is 20.2. The molecule has 8 heteroatoms. The highest BCUT2D eigenvalue weighted by Crippen LogP contribution is 2.42. The number of hydrogen-bond donors (Lipinski definition) is 2. The Morgan fingerprint density at radius 1 is 0.947 bits per heavy atom. The predicted molar refractivity (Wildman–Crippen MR) is 145 cm³/mol. The summed E-state index contributed by atoms with van der Waals surface area (Å²) in [6.45, 7) is 5.31. The van der Waals surface area contributed by atoms with Crippen LogP contribution in [-0.2, 0) is 16.0 Å². The molecule has 2 N–H and O–H groups in total. The molecule has 7 nitrogen and oxygen atoms in total. The molecule has 1 aliphatic rings. The summed E-state index contributed by atoms with van der Waals surface area (Å²) in [5.74, 6) is -0.792. The fourth-order valence-electron chi connectivity index (χ4n) is 5.28. The van der Waals surface area contributed by atoms with Crippen molar-refractivity contribution in [3.63, 3.8) is 0 Å². The number of carbonyl (C=O) groups excluding carboxylic acids is 2. The lowest BCUT2D eigenvalue weighted by molar-refractivity contribution is -0.170. The van der Waals surface area contributed by atoms with E-state index in [1.54, 1.807) is 85.1 Å². The van der Waals surface area contributed by atoms with Gasteiger partial charge in [0.1, 0.15) is 18.5 Å². The van der Waals surface area contributed by atoms with Gasteiger partial charge in [-0.15, -0.1) is 0 Å². The van der Waals surface area contributed by atoms with E-state index in [9.17, 15) is 19.8 Å². The monoisotopic (exact) mass is 532 g/mol. The van der Waals surface area contributed by atoms with Gasteiger partial charge < -0.3 is 14.9 Å². The van der Waals surface area contributed by atoms with E-state index in [-0.39, 0.29) is 12.3 Å². The molecule has 0 saturated heterocycles. The Morgan fingerprint density at radius 3 is 2.16 bits per heavy atom. The number of ether oxygens (including phenoxy) is 1. The van der Waals surface area contributed by atoms with Crippen molar-refractivity contribution in [3.05, 3.63) is 106 Å². The highest BCUT2D eigenvalue weighted by atomic mass is 35.5. The minimum Gasteiger partial charge on any atom is -0.462 e. The summed E-state index contributed by atoms with van der Waals surface area (Å²) in [6.07, 6.45) is -2.75. The molecule has 1 aromatic heterocycles. The topological polar surface area (TPSA) is 92.0 Å². The first-order valence-corrected chi connectivity index (χ1v) is 12.9. The third kappa shape index (κ3) is 4.52. The molecule has 5 rings (SSSR count). The first-order valence-electron chi connectivity index (χ1n) is 12.5. The Bertz CT molecular complexity index is 1490. The quantitative estimate of drug-likeness (QED) is 0.334. The van der Waals surface area contributed by atoms with Gasteiger partial charge in [-0.05, 0) is 56.7 Å². The number of halogens is 1. The van der Waals surface area contributed by atoms with Crippen LogP contribution < -0.4 is 0 Å². The third-order valence-corrected chi connectivity index (χ3v) is 7.25. The van der Waals surface area contributed by atoms with E-state index in [2.05, 4.69) is 0 Å². The lowest BCUT2D eigenvalue weighted by Crippen LogP contribution is -2.45. The zero-order valence-electron chi connectivity index (χ0n) is 21.3. The van der Waals surface area contributed by atoms with Crippen LogP contribution in [0.1, 0.15) is 59.0 Å². The second kappa shape index (κ2) is 10.3. The van der Waals surface area contributed by atoms with Gasteiger partial charge in [0.15, 0.2) is 0 Å². The first-order chi connectivity index (χ1) is 18.2. The number of aromatic nitrogens is 1. The van der Waals surface area contributed by atoms with E-state index in [0.717, 1.165) is 0 Å². The highest BCUT2D eigenvalue weighted by molar-refractivity contribution is 6.31. The minimum absolute atomic E-state index is 0.0748. The van der Waals surface area contributed by atoms with Gasteiger partial charge in [-0.2, -0.15) is 0 Å². The molecule has 3 atom stereocenters. The molecular weight excluding hydrogens is 504 g/mol. The number of esters is 1. The Kier molecular flexibility index (Phi) is 7.11. The first kappa shape index (κ1) is 26.1. The standard InChI is InChI=1S/C30H29ClN2O5/c1-17(2)38-30(37)26(33-28(35)21-11-7-8-12-22(21)29(33)36)16-23-18(3)32(25-14-13-20(31)15-24(23)25)27(34)19-9-5-4-6-10-19/h4-15,17,26,28-29,35-36H,16H2,1-3H3/t26-,28-,29-/m0/s1. The summed E-state index contributed by atoms with van der Waals surface area (Å²) in [4.78, 5) is 28.4. The van der Waals surface area contributed by atoms with Gasteiger partial charge in [-0.3, -0.25) is 14.2 Å². The maximum absolute atomic E-state index is 13.6. The summed E-state index contributed by atoms with van der Waals surface area (Å²) in [7, 11) is 0. The lowest BCUT2D eigenvalue weighted by atomic mass is 10.0. The van der Waals surface area contributed by atoms with Gasteiger partial charge in [-0.25, -0.2) is 4.90 Å². The molecule has 0 fully saturated rings. The van der Waals surface area contributed by atoms with E-state index >= 15 is 0 Å². The molecule has 2 heterocycles. The number of fused-ring (bicyclic) bond motifs is 2. The summed E-state index contributed by atoms with van der Waals surface area (Å²) >= 11 is 6.37. The molecule has 0 aliphatic carbocycles. The number of hydrogen-bond acceptors (Lipinski definition) is 6. The Morgan fingerprint density at radius 2 is 1.55 bits per heavy atom. The Hall–Kier alpha value is -3.49. The number of carbonyl (C=O) groups is 2. The molecule has 0 bridgehead atoms. The van der Waals surface area contributed by atoms with Gasteiger partial charge in [0, 0.05) is 39.2 Å². The van der Waals surface area contributed by atoms with Crippen molar-refractivity contribution in [2.24, 2.45) is 0 Å². The number of rotatable bonds is 6. The average Bonchev–Trinajstić information content (AvgIpc) is 3.31. The summed E-state index contributed by atoms with van der Waals surface area (Å²) < 4.78 is 7.21. The van der Waals surface area contributed by atoms with Crippen molar-refractivity contribution in [1.29, 1.82) is 0 Å². The van der Waals surface area contributed by atoms with Crippen LogP contribution in [0.15, 0.2) is 72.8 Å². The molecule has 1 aliphatic heterocycles. The van der Waals surface area contributed by atoms with Crippen molar-refractivity contribution in [1.82, 2.24) is 9.47 Å².